The van der Waals surface area contributed by atoms with Crippen LogP contribution >= 0.6 is 11.8 Å². The minimum atomic E-state index is -3.37. The number of carbonyl (C=O) groups is 1. The fourth-order valence-electron chi connectivity index (χ4n) is 2.12. The molecule has 0 fully saturated rings. The molecule has 2 aromatic carbocycles. The van der Waals surface area contributed by atoms with Gasteiger partial charge in [-0.2, -0.15) is 0 Å². The third-order valence-electron chi connectivity index (χ3n) is 3.51. The van der Waals surface area contributed by atoms with Crippen LogP contribution < -0.4 is 10.0 Å². The molecule has 7 heteroatoms. The Labute approximate surface area is 153 Å². The Bertz CT molecular complexity index is 837. The number of sulfonamides is 1. The van der Waals surface area contributed by atoms with E-state index in [1.54, 1.807) is 36.9 Å². The Morgan fingerprint density at radius 2 is 1.84 bits per heavy atom. The highest BCUT2D eigenvalue weighted by Crippen LogP contribution is 2.23. The van der Waals surface area contributed by atoms with Gasteiger partial charge in [0.15, 0.2) is 0 Å². The van der Waals surface area contributed by atoms with Crippen LogP contribution in [0, 0.1) is 6.92 Å². The topological polar surface area (TPSA) is 75.3 Å². The SMILES string of the molecule is Cc1ccc(NC(=O)C(C)SCc2ccccc2)cc1NS(C)(=O)=O. The maximum atomic E-state index is 12.3. The lowest BCUT2D eigenvalue weighted by molar-refractivity contribution is -0.115. The Hall–Kier alpha value is -1.99. The van der Waals surface area contributed by atoms with Crippen LogP contribution in [0.25, 0.3) is 0 Å². The van der Waals surface area contributed by atoms with Crippen molar-refractivity contribution in [3.05, 3.63) is 59.7 Å². The average molecular weight is 379 g/mol. The number of aryl methyl sites for hydroxylation is 1. The molecule has 0 spiro atoms. The van der Waals surface area contributed by atoms with Crippen LogP contribution in [0.15, 0.2) is 48.5 Å². The zero-order chi connectivity index (χ0) is 18.4. The van der Waals surface area contributed by atoms with Crippen LogP contribution in [0.3, 0.4) is 0 Å². The Morgan fingerprint density at radius 3 is 2.48 bits per heavy atom. The number of carbonyl (C=O) groups excluding carboxylic acids is 1. The molecule has 2 aromatic rings. The van der Waals surface area contributed by atoms with E-state index in [1.165, 1.54) is 5.56 Å². The normalized spacial score (nSPS) is 12.4. The second kappa shape index (κ2) is 8.40. The summed E-state index contributed by atoms with van der Waals surface area (Å²) in [6, 6.07) is 15.1. The second-order valence-electron chi connectivity index (χ2n) is 5.83. The molecule has 0 saturated carbocycles. The first-order valence-electron chi connectivity index (χ1n) is 7.79. The van der Waals surface area contributed by atoms with E-state index in [0.717, 1.165) is 17.6 Å². The van der Waals surface area contributed by atoms with Gasteiger partial charge in [0.1, 0.15) is 0 Å². The number of rotatable bonds is 7. The van der Waals surface area contributed by atoms with Crippen LogP contribution in [-0.4, -0.2) is 25.8 Å². The van der Waals surface area contributed by atoms with Gasteiger partial charge in [0.05, 0.1) is 17.2 Å². The molecule has 0 aliphatic rings. The van der Waals surface area contributed by atoms with E-state index in [-0.39, 0.29) is 11.2 Å². The number of nitrogens with one attached hydrogen (secondary N) is 2. The summed E-state index contributed by atoms with van der Waals surface area (Å²) >= 11 is 1.55. The molecule has 0 radical (unpaired) electrons. The number of hydrogen-bond acceptors (Lipinski definition) is 4. The van der Waals surface area contributed by atoms with E-state index in [0.29, 0.717) is 11.4 Å². The molecule has 5 nitrogen and oxygen atoms in total. The zero-order valence-corrected chi connectivity index (χ0v) is 16.1. The van der Waals surface area contributed by atoms with Gasteiger partial charge in [-0.05, 0) is 37.1 Å². The summed E-state index contributed by atoms with van der Waals surface area (Å²) in [7, 11) is -3.37. The second-order valence-corrected chi connectivity index (χ2v) is 8.91. The number of thioether (sulfide) groups is 1. The molecule has 1 atom stereocenters. The number of anilines is 2. The third kappa shape index (κ3) is 6.43. The highest BCUT2D eigenvalue weighted by Gasteiger charge is 2.14. The quantitative estimate of drug-likeness (QED) is 0.771. The summed E-state index contributed by atoms with van der Waals surface area (Å²) in [5.74, 6) is 0.639. The molecular weight excluding hydrogens is 356 g/mol. The van der Waals surface area contributed by atoms with Crippen molar-refractivity contribution in [2.24, 2.45) is 0 Å². The minimum absolute atomic E-state index is 0.116. The predicted octanol–water partition coefficient (Wildman–Crippen LogP) is 3.63. The van der Waals surface area contributed by atoms with Gasteiger partial charge in [0.25, 0.3) is 0 Å². The lowest BCUT2D eigenvalue weighted by Crippen LogP contribution is -2.22. The van der Waals surface area contributed by atoms with Crippen LogP contribution in [0.2, 0.25) is 0 Å². The number of hydrogen-bond donors (Lipinski definition) is 2. The van der Waals surface area contributed by atoms with E-state index in [2.05, 4.69) is 10.0 Å². The summed E-state index contributed by atoms with van der Waals surface area (Å²) in [4.78, 5) is 12.3. The van der Waals surface area contributed by atoms with Crippen LogP contribution in [0.4, 0.5) is 11.4 Å². The first-order valence-corrected chi connectivity index (χ1v) is 10.7. The van der Waals surface area contributed by atoms with Gasteiger partial charge in [-0.25, -0.2) is 8.42 Å². The van der Waals surface area contributed by atoms with E-state index >= 15 is 0 Å². The monoisotopic (exact) mass is 378 g/mol. The molecule has 2 N–H and O–H groups in total. The summed E-state index contributed by atoms with van der Waals surface area (Å²) in [6.45, 7) is 3.66. The van der Waals surface area contributed by atoms with Crippen LogP contribution in [-0.2, 0) is 20.6 Å². The van der Waals surface area contributed by atoms with Crippen molar-refractivity contribution in [2.75, 3.05) is 16.3 Å². The lowest BCUT2D eigenvalue weighted by Gasteiger charge is -2.14. The molecule has 1 amide bonds. The Balaban J connectivity index is 1.98. The van der Waals surface area contributed by atoms with Crippen LogP contribution in [0.1, 0.15) is 18.1 Å². The fourth-order valence-corrected chi connectivity index (χ4v) is 3.59. The van der Waals surface area contributed by atoms with Gasteiger partial charge in [0, 0.05) is 11.4 Å². The minimum Gasteiger partial charge on any atom is -0.325 e. The molecule has 25 heavy (non-hydrogen) atoms. The first-order chi connectivity index (χ1) is 11.7. The van der Waals surface area contributed by atoms with Crippen molar-refractivity contribution in [3.63, 3.8) is 0 Å². The average Bonchev–Trinajstić information content (AvgIpc) is 2.55. The van der Waals surface area contributed by atoms with Crippen molar-refractivity contribution in [2.45, 2.75) is 24.9 Å². The zero-order valence-electron chi connectivity index (χ0n) is 14.4. The van der Waals surface area contributed by atoms with Crippen molar-refractivity contribution >= 4 is 39.1 Å². The van der Waals surface area contributed by atoms with E-state index in [4.69, 9.17) is 0 Å². The van der Waals surface area contributed by atoms with Crippen molar-refractivity contribution in [1.82, 2.24) is 0 Å². The summed E-state index contributed by atoms with van der Waals surface area (Å²) < 4.78 is 25.3. The standard InChI is InChI=1S/C18H22N2O3S2/c1-13-9-10-16(11-17(13)20-25(3,22)23)19-18(21)14(2)24-12-15-7-5-4-6-8-15/h4-11,14,20H,12H2,1-3H3,(H,19,21). The largest absolute Gasteiger partial charge is 0.325 e. The van der Waals surface area contributed by atoms with E-state index in [1.807, 2.05) is 37.3 Å². The molecule has 0 saturated heterocycles. The number of benzene rings is 2. The van der Waals surface area contributed by atoms with Crippen molar-refractivity contribution in [1.29, 1.82) is 0 Å². The van der Waals surface area contributed by atoms with Gasteiger partial charge in [-0.15, -0.1) is 11.8 Å². The van der Waals surface area contributed by atoms with E-state index < -0.39 is 10.0 Å². The molecule has 2 rings (SSSR count). The molecule has 0 heterocycles. The first kappa shape index (κ1) is 19.3. The highest BCUT2D eigenvalue weighted by atomic mass is 32.2. The molecule has 0 aromatic heterocycles. The number of amides is 1. The predicted molar refractivity (Wildman–Crippen MR) is 105 cm³/mol. The van der Waals surface area contributed by atoms with Gasteiger partial charge in [0.2, 0.25) is 15.9 Å². The summed E-state index contributed by atoms with van der Waals surface area (Å²) in [5.41, 5.74) is 2.98. The summed E-state index contributed by atoms with van der Waals surface area (Å²) in [6.07, 6.45) is 1.10. The Kier molecular flexibility index (Phi) is 6.50. The molecular formula is C18H22N2O3S2. The van der Waals surface area contributed by atoms with Gasteiger partial charge < -0.3 is 5.32 Å². The van der Waals surface area contributed by atoms with Gasteiger partial charge in [-0.3, -0.25) is 9.52 Å². The summed E-state index contributed by atoms with van der Waals surface area (Å²) in [5, 5.41) is 2.61. The van der Waals surface area contributed by atoms with E-state index in [9.17, 15) is 13.2 Å². The van der Waals surface area contributed by atoms with Gasteiger partial charge >= 0.3 is 0 Å². The smallest absolute Gasteiger partial charge is 0.237 e. The highest BCUT2D eigenvalue weighted by molar-refractivity contribution is 7.99. The lowest BCUT2D eigenvalue weighted by atomic mass is 10.2. The van der Waals surface area contributed by atoms with Crippen molar-refractivity contribution < 1.29 is 13.2 Å². The Morgan fingerprint density at radius 1 is 1.16 bits per heavy atom. The maximum Gasteiger partial charge on any atom is 0.237 e. The molecule has 1 unspecified atom stereocenters. The van der Waals surface area contributed by atoms with Crippen molar-refractivity contribution in [3.8, 4) is 0 Å². The maximum absolute atomic E-state index is 12.3. The van der Waals surface area contributed by atoms with Gasteiger partial charge in [-0.1, -0.05) is 36.4 Å². The van der Waals surface area contributed by atoms with Crippen LogP contribution in [0.5, 0.6) is 0 Å². The molecule has 0 aliphatic carbocycles. The fraction of sp³-hybridized carbons (Fsp3) is 0.278. The third-order valence-corrected chi connectivity index (χ3v) is 5.32. The molecule has 0 bridgehead atoms. The molecule has 134 valence electrons. The molecule has 0 aliphatic heterocycles.